The van der Waals surface area contributed by atoms with E-state index in [1.54, 1.807) is 25.1 Å². The number of hydrogen-bond donors (Lipinski definition) is 0. The fourth-order valence-electron chi connectivity index (χ4n) is 3.57. The Bertz CT molecular complexity index is 1180. The van der Waals surface area contributed by atoms with Crippen LogP contribution in [0.25, 0.3) is 11.4 Å². The molecule has 32 heavy (non-hydrogen) atoms. The SMILES string of the molecule is COCc1nc(-c2cccc(C3=NOC(c4cc(Cl)cc(Cl)c4)(C(F)(F)F)C3)c2C)no1. The smallest absolute Gasteiger partial charge is 0.375 e. The first kappa shape index (κ1) is 22.6. The van der Waals surface area contributed by atoms with Crippen LogP contribution in [0.2, 0.25) is 10.0 Å². The molecule has 0 spiro atoms. The van der Waals surface area contributed by atoms with Crippen LogP contribution < -0.4 is 0 Å². The van der Waals surface area contributed by atoms with Gasteiger partial charge in [0, 0.05) is 40.3 Å². The van der Waals surface area contributed by atoms with Gasteiger partial charge in [0.15, 0.2) is 0 Å². The van der Waals surface area contributed by atoms with Crippen LogP contribution in [0.4, 0.5) is 13.2 Å². The summed E-state index contributed by atoms with van der Waals surface area (Å²) in [5, 5.41) is 7.87. The van der Waals surface area contributed by atoms with Gasteiger partial charge >= 0.3 is 6.18 Å². The minimum Gasteiger partial charge on any atom is -0.375 e. The van der Waals surface area contributed by atoms with E-state index in [4.69, 9.17) is 37.3 Å². The third-order valence-corrected chi connectivity index (χ3v) is 5.57. The zero-order valence-corrected chi connectivity index (χ0v) is 18.3. The maximum atomic E-state index is 14.2. The maximum absolute atomic E-state index is 14.2. The van der Waals surface area contributed by atoms with Crippen LogP contribution in [-0.4, -0.2) is 29.1 Å². The van der Waals surface area contributed by atoms with E-state index in [0.717, 1.165) is 0 Å². The summed E-state index contributed by atoms with van der Waals surface area (Å²) in [6.07, 6.45) is -5.33. The molecule has 1 aliphatic heterocycles. The molecule has 0 fully saturated rings. The molecule has 3 aromatic rings. The first-order valence-electron chi connectivity index (χ1n) is 9.35. The van der Waals surface area contributed by atoms with E-state index in [0.29, 0.717) is 22.5 Å². The van der Waals surface area contributed by atoms with Crippen LogP contribution in [0.5, 0.6) is 0 Å². The Morgan fingerprint density at radius 2 is 1.81 bits per heavy atom. The summed E-state index contributed by atoms with van der Waals surface area (Å²) in [5.41, 5.74) is -1.12. The normalized spacial score (nSPS) is 18.5. The van der Waals surface area contributed by atoms with Gasteiger partial charge in [0.25, 0.3) is 11.5 Å². The number of aromatic nitrogens is 2. The summed E-state index contributed by atoms with van der Waals surface area (Å²) in [6, 6.07) is 8.79. The third-order valence-electron chi connectivity index (χ3n) is 5.14. The molecule has 0 radical (unpaired) electrons. The molecule has 2 heterocycles. The highest BCUT2D eigenvalue weighted by Crippen LogP contribution is 2.50. The highest BCUT2D eigenvalue weighted by molar-refractivity contribution is 6.34. The molecule has 1 atom stereocenters. The van der Waals surface area contributed by atoms with Crippen LogP contribution >= 0.6 is 23.2 Å². The Morgan fingerprint density at radius 1 is 1.12 bits per heavy atom. The molecule has 168 valence electrons. The first-order chi connectivity index (χ1) is 15.1. The maximum Gasteiger partial charge on any atom is 0.435 e. The van der Waals surface area contributed by atoms with Crippen molar-refractivity contribution in [3.05, 3.63) is 69.0 Å². The molecule has 0 saturated heterocycles. The molecule has 0 saturated carbocycles. The Morgan fingerprint density at radius 3 is 2.47 bits per heavy atom. The quantitative estimate of drug-likeness (QED) is 0.437. The molecule has 0 aliphatic carbocycles. The number of benzene rings is 2. The lowest BCUT2D eigenvalue weighted by Gasteiger charge is -2.29. The standard InChI is InChI=1S/C21H16Cl2F3N3O3/c1-11-15(4-3-5-16(11)19-27-18(10-30-2)31-29-19)17-9-20(32-28-17,21(24,25)26)12-6-13(22)8-14(23)7-12/h3-8H,9-10H2,1-2H3. The van der Waals surface area contributed by atoms with E-state index >= 15 is 0 Å². The van der Waals surface area contributed by atoms with Crippen molar-refractivity contribution < 1.29 is 27.3 Å². The highest BCUT2D eigenvalue weighted by atomic mass is 35.5. The van der Waals surface area contributed by atoms with Crippen LogP contribution in [0.15, 0.2) is 46.1 Å². The van der Waals surface area contributed by atoms with Crippen molar-refractivity contribution in [2.24, 2.45) is 5.16 Å². The summed E-state index contributed by atoms with van der Waals surface area (Å²) in [5.74, 6) is 0.572. The molecule has 6 nitrogen and oxygen atoms in total. The summed E-state index contributed by atoms with van der Waals surface area (Å²) >= 11 is 11.9. The third kappa shape index (κ3) is 3.96. The molecule has 4 rings (SSSR count). The van der Waals surface area contributed by atoms with Gasteiger partial charge < -0.3 is 14.1 Å². The predicted molar refractivity (Wildman–Crippen MR) is 112 cm³/mol. The van der Waals surface area contributed by atoms with Crippen molar-refractivity contribution in [1.29, 1.82) is 0 Å². The summed E-state index contributed by atoms with van der Waals surface area (Å²) in [4.78, 5) is 9.33. The minimum atomic E-state index is -4.78. The lowest BCUT2D eigenvalue weighted by molar-refractivity contribution is -0.275. The second kappa shape index (κ2) is 8.38. The topological polar surface area (TPSA) is 69.7 Å². The minimum absolute atomic E-state index is 0.0651. The fraction of sp³-hybridized carbons (Fsp3) is 0.286. The largest absolute Gasteiger partial charge is 0.435 e. The average Bonchev–Trinajstić information content (AvgIpc) is 3.35. The summed E-state index contributed by atoms with van der Waals surface area (Å²) in [6.45, 7) is 1.88. The monoisotopic (exact) mass is 485 g/mol. The van der Waals surface area contributed by atoms with Gasteiger partial charge in [0.1, 0.15) is 6.61 Å². The number of methoxy groups -OCH3 is 1. The van der Waals surface area contributed by atoms with Gasteiger partial charge in [-0.3, -0.25) is 0 Å². The van der Waals surface area contributed by atoms with E-state index in [1.807, 2.05) is 0 Å². The molecule has 0 bridgehead atoms. The highest BCUT2D eigenvalue weighted by Gasteiger charge is 2.62. The van der Waals surface area contributed by atoms with Crippen LogP contribution in [-0.2, 0) is 21.8 Å². The summed E-state index contributed by atoms with van der Waals surface area (Å²) in [7, 11) is 1.49. The molecule has 1 aliphatic rings. The Hall–Kier alpha value is -2.62. The van der Waals surface area contributed by atoms with Crippen LogP contribution in [0, 0.1) is 6.92 Å². The van der Waals surface area contributed by atoms with Crippen molar-refractivity contribution in [1.82, 2.24) is 10.1 Å². The number of oxime groups is 1. The number of hydrogen-bond acceptors (Lipinski definition) is 6. The second-order valence-electron chi connectivity index (χ2n) is 7.21. The molecule has 11 heteroatoms. The van der Waals surface area contributed by atoms with E-state index in [9.17, 15) is 13.2 Å². The van der Waals surface area contributed by atoms with Crippen molar-refractivity contribution in [2.75, 3.05) is 7.11 Å². The van der Waals surface area contributed by atoms with Gasteiger partial charge in [-0.05, 0) is 30.7 Å². The number of nitrogens with zero attached hydrogens (tertiary/aromatic N) is 3. The second-order valence-corrected chi connectivity index (χ2v) is 8.08. The number of alkyl halides is 3. The zero-order valence-electron chi connectivity index (χ0n) is 16.8. The van der Waals surface area contributed by atoms with Crippen molar-refractivity contribution in [2.45, 2.75) is 31.7 Å². The van der Waals surface area contributed by atoms with Gasteiger partial charge in [-0.15, -0.1) is 0 Å². The number of halogens is 5. The van der Waals surface area contributed by atoms with E-state index < -0.39 is 18.2 Å². The van der Waals surface area contributed by atoms with E-state index in [-0.39, 0.29) is 33.8 Å². The molecular weight excluding hydrogens is 470 g/mol. The van der Waals surface area contributed by atoms with E-state index in [1.165, 1.54) is 25.3 Å². The zero-order chi connectivity index (χ0) is 23.1. The van der Waals surface area contributed by atoms with Crippen molar-refractivity contribution >= 4 is 28.9 Å². The lowest BCUT2D eigenvalue weighted by atomic mass is 9.85. The Balaban J connectivity index is 1.73. The van der Waals surface area contributed by atoms with Gasteiger partial charge in [-0.25, -0.2) is 0 Å². The van der Waals surface area contributed by atoms with Crippen LogP contribution in [0.3, 0.4) is 0 Å². The average molecular weight is 486 g/mol. The molecule has 0 amide bonds. The molecule has 0 N–H and O–H groups in total. The first-order valence-corrected chi connectivity index (χ1v) is 10.1. The number of ether oxygens (including phenoxy) is 1. The molecule has 2 aromatic carbocycles. The van der Waals surface area contributed by atoms with Gasteiger partial charge in [0.05, 0.1) is 5.71 Å². The molecular formula is C21H16Cl2F3N3O3. The molecule has 1 unspecified atom stereocenters. The molecule has 1 aromatic heterocycles. The number of rotatable bonds is 5. The van der Waals surface area contributed by atoms with Gasteiger partial charge in [-0.2, -0.15) is 18.2 Å². The van der Waals surface area contributed by atoms with Crippen molar-refractivity contribution in [3.63, 3.8) is 0 Å². The van der Waals surface area contributed by atoms with E-state index in [2.05, 4.69) is 15.3 Å². The summed E-state index contributed by atoms with van der Waals surface area (Å²) < 4.78 is 52.8. The van der Waals surface area contributed by atoms with Crippen LogP contribution in [0.1, 0.15) is 29.0 Å². The lowest BCUT2D eigenvalue weighted by Crippen LogP contribution is -2.42. The Labute approximate surface area is 190 Å². The van der Waals surface area contributed by atoms with Gasteiger partial charge in [0.2, 0.25) is 5.82 Å². The fourth-order valence-corrected chi connectivity index (χ4v) is 4.10. The van der Waals surface area contributed by atoms with Gasteiger partial charge in [-0.1, -0.05) is 51.7 Å². The van der Waals surface area contributed by atoms with Crippen molar-refractivity contribution in [3.8, 4) is 11.4 Å². The Kier molecular flexibility index (Phi) is 5.91. The predicted octanol–water partition coefficient (Wildman–Crippen LogP) is 6.08.